The van der Waals surface area contributed by atoms with Crippen molar-refractivity contribution >= 4 is 22.6 Å². The Bertz CT molecular complexity index is 1060. The van der Waals surface area contributed by atoms with Gasteiger partial charge in [-0.1, -0.05) is 24.3 Å². The topological polar surface area (TPSA) is 75.2 Å². The second-order valence-corrected chi connectivity index (χ2v) is 6.94. The van der Waals surface area contributed by atoms with Crippen LogP contribution in [0.1, 0.15) is 32.7 Å². The van der Waals surface area contributed by atoms with E-state index in [1.54, 1.807) is 24.3 Å². The molecule has 136 valence electrons. The average molecular weight is 360 g/mol. The maximum absolute atomic E-state index is 12.9. The first-order valence-corrected chi connectivity index (χ1v) is 8.94. The fraction of sp³-hybridized carbons (Fsp3) is 0.238. The van der Waals surface area contributed by atoms with E-state index >= 15 is 0 Å². The van der Waals surface area contributed by atoms with Crippen LogP contribution in [0.15, 0.2) is 42.5 Å². The molecule has 4 rings (SSSR count). The molecular formula is C21H20N4O2. The molecule has 1 aromatic heterocycles. The molecule has 0 unspecified atom stereocenters. The molecule has 3 aromatic rings. The van der Waals surface area contributed by atoms with Gasteiger partial charge in [0.15, 0.2) is 5.78 Å². The van der Waals surface area contributed by atoms with Gasteiger partial charge in [0.2, 0.25) is 0 Å². The Morgan fingerprint density at radius 1 is 1.07 bits per heavy atom. The molecule has 1 amide bonds. The number of hydrogen-bond donors (Lipinski definition) is 1. The summed E-state index contributed by atoms with van der Waals surface area (Å²) in [6, 6.07) is 12.6. The molecule has 0 bridgehead atoms. The highest BCUT2D eigenvalue weighted by atomic mass is 16.1. The molecule has 1 aliphatic carbocycles. The molecular weight excluding hydrogens is 340 g/mol. The molecule has 6 nitrogen and oxygen atoms in total. The lowest BCUT2D eigenvalue weighted by molar-refractivity contribution is 0.0951. The lowest BCUT2D eigenvalue weighted by atomic mass is 10.0. The van der Waals surface area contributed by atoms with Crippen molar-refractivity contribution in [2.24, 2.45) is 0 Å². The summed E-state index contributed by atoms with van der Waals surface area (Å²) in [6.45, 7) is 1.51. The third kappa shape index (κ3) is 3.08. The highest BCUT2D eigenvalue weighted by Gasteiger charge is 2.30. The number of amides is 1. The molecule has 1 N–H and O–H groups in total. The van der Waals surface area contributed by atoms with Crippen molar-refractivity contribution in [3.05, 3.63) is 59.2 Å². The Morgan fingerprint density at radius 3 is 2.63 bits per heavy atom. The van der Waals surface area contributed by atoms with Gasteiger partial charge in [-0.2, -0.15) is 0 Å². The zero-order chi connectivity index (χ0) is 19.0. The molecule has 0 fully saturated rings. The molecule has 0 spiro atoms. The van der Waals surface area contributed by atoms with Crippen LogP contribution in [-0.2, 0) is 0 Å². The second kappa shape index (κ2) is 6.89. The molecule has 1 heterocycles. The number of carbonyl (C=O) groups excluding carboxylic acids is 2. The molecule has 0 aliphatic heterocycles. The first-order chi connectivity index (χ1) is 13.1. The number of ketones is 1. The highest BCUT2D eigenvalue weighted by Crippen LogP contribution is 2.37. The molecule has 6 heteroatoms. The van der Waals surface area contributed by atoms with Gasteiger partial charge < -0.3 is 10.2 Å². The largest absolute Gasteiger partial charge is 0.352 e. The zero-order valence-electron chi connectivity index (χ0n) is 15.3. The van der Waals surface area contributed by atoms with Gasteiger partial charge in [0.25, 0.3) is 5.91 Å². The van der Waals surface area contributed by atoms with E-state index in [1.807, 2.05) is 32.3 Å². The summed E-state index contributed by atoms with van der Waals surface area (Å²) < 4.78 is 0. The molecule has 27 heavy (non-hydrogen) atoms. The van der Waals surface area contributed by atoms with E-state index in [4.69, 9.17) is 0 Å². The van der Waals surface area contributed by atoms with E-state index in [0.29, 0.717) is 39.8 Å². The average Bonchev–Trinajstić information content (AvgIpc) is 2.97. The summed E-state index contributed by atoms with van der Waals surface area (Å²) in [5.74, 6) is -0.215. The SMILES string of the molecule is CN(C)CCCNC(=O)c1ccc2nnc3c(c2c1)C(=O)c1ccccc1-3. The Balaban J connectivity index is 1.67. The summed E-state index contributed by atoms with van der Waals surface area (Å²) in [7, 11) is 4.00. The van der Waals surface area contributed by atoms with Gasteiger partial charge in [-0.05, 0) is 45.3 Å². The predicted octanol–water partition coefficient (Wildman–Crippen LogP) is 2.52. The fourth-order valence-electron chi connectivity index (χ4n) is 3.39. The number of rotatable bonds is 5. The molecule has 2 aromatic carbocycles. The number of benzene rings is 2. The van der Waals surface area contributed by atoms with Crippen LogP contribution in [0.2, 0.25) is 0 Å². The van der Waals surface area contributed by atoms with Crippen molar-refractivity contribution < 1.29 is 9.59 Å². The molecule has 0 saturated heterocycles. The van der Waals surface area contributed by atoms with Gasteiger partial charge in [-0.25, -0.2) is 0 Å². The smallest absolute Gasteiger partial charge is 0.251 e. The Morgan fingerprint density at radius 2 is 1.85 bits per heavy atom. The van der Waals surface area contributed by atoms with Crippen LogP contribution < -0.4 is 5.32 Å². The summed E-state index contributed by atoms with van der Waals surface area (Å²) in [5, 5.41) is 12.1. The van der Waals surface area contributed by atoms with Crippen LogP contribution in [0.4, 0.5) is 0 Å². The number of fused-ring (bicyclic) bond motifs is 5. The molecule has 0 radical (unpaired) electrons. The summed E-state index contributed by atoms with van der Waals surface area (Å²) >= 11 is 0. The highest BCUT2D eigenvalue weighted by molar-refractivity contribution is 6.26. The zero-order valence-corrected chi connectivity index (χ0v) is 15.3. The van der Waals surface area contributed by atoms with E-state index in [2.05, 4.69) is 20.4 Å². The molecule has 0 atom stereocenters. The number of carbonyl (C=O) groups is 2. The minimum absolute atomic E-state index is 0.0657. The van der Waals surface area contributed by atoms with E-state index < -0.39 is 0 Å². The van der Waals surface area contributed by atoms with Crippen LogP contribution in [-0.4, -0.2) is 54.0 Å². The van der Waals surface area contributed by atoms with Crippen LogP contribution in [0.25, 0.3) is 22.2 Å². The lowest BCUT2D eigenvalue weighted by Crippen LogP contribution is -2.27. The fourth-order valence-corrected chi connectivity index (χ4v) is 3.39. The van der Waals surface area contributed by atoms with Gasteiger partial charge in [0, 0.05) is 28.6 Å². The van der Waals surface area contributed by atoms with Crippen LogP contribution >= 0.6 is 0 Å². The normalized spacial score (nSPS) is 12.3. The van der Waals surface area contributed by atoms with Gasteiger partial charge in [0.05, 0.1) is 11.1 Å². The third-order valence-corrected chi connectivity index (χ3v) is 4.74. The quantitative estimate of drug-likeness (QED) is 0.554. The third-order valence-electron chi connectivity index (χ3n) is 4.74. The summed E-state index contributed by atoms with van der Waals surface area (Å²) in [5.41, 5.74) is 3.68. The van der Waals surface area contributed by atoms with Gasteiger partial charge >= 0.3 is 0 Å². The van der Waals surface area contributed by atoms with Crippen molar-refractivity contribution in [1.29, 1.82) is 0 Å². The monoisotopic (exact) mass is 360 g/mol. The van der Waals surface area contributed by atoms with Crippen molar-refractivity contribution in [3.63, 3.8) is 0 Å². The van der Waals surface area contributed by atoms with Crippen molar-refractivity contribution in [1.82, 2.24) is 20.4 Å². The minimum atomic E-state index is -0.149. The number of hydrogen-bond acceptors (Lipinski definition) is 5. The Kier molecular flexibility index (Phi) is 4.41. The lowest BCUT2D eigenvalue weighted by Gasteiger charge is -2.10. The first-order valence-electron chi connectivity index (χ1n) is 8.94. The van der Waals surface area contributed by atoms with E-state index in [-0.39, 0.29) is 11.7 Å². The van der Waals surface area contributed by atoms with Gasteiger partial charge in [-0.3, -0.25) is 9.59 Å². The Hall–Kier alpha value is -3.12. The first kappa shape index (κ1) is 17.3. The van der Waals surface area contributed by atoms with Crippen molar-refractivity contribution in [2.45, 2.75) is 6.42 Å². The summed E-state index contributed by atoms with van der Waals surface area (Å²) in [4.78, 5) is 27.4. The number of aromatic nitrogens is 2. The second-order valence-electron chi connectivity index (χ2n) is 6.94. The summed E-state index contributed by atoms with van der Waals surface area (Å²) in [6.07, 6.45) is 0.876. The minimum Gasteiger partial charge on any atom is -0.352 e. The van der Waals surface area contributed by atoms with Gasteiger partial charge in [0.1, 0.15) is 5.69 Å². The van der Waals surface area contributed by atoms with Crippen molar-refractivity contribution in [2.75, 3.05) is 27.2 Å². The van der Waals surface area contributed by atoms with Crippen molar-refractivity contribution in [3.8, 4) is 11.3 Å². The predicted molar refractivity (Wildman–Crippen MR) is 104 cm³/mol. The van der Waals surface area contributed by atoms with Crippen LogP contribution in [0, 0.1) is 0 Å². The molecule has 0 saturated carbocycles. The number of nitrogens with one attached hydrogen (secondary N) is 1. The van der Waals surface area contributed by atoms with Crippen LogP contribution in [0.3, 0.4) is 0 Å². The van der Waals surface area contributed by atoms with E-state index in [1.165, 1.54) is 0 Å². The standard InChI is InChI=1S/C21H20N4O2/c1-25(2)11-5-10-22-21(27)13-8-9-17-16(12-13)18-19(24-23-17)14-6-3-4-7-15(14)20(18)26/h3-4,6-9,12H,5,10-11H2,1-2H3,(H,22,27). The Labute approximate surface area is 157 Å². The number of nitrogens with zero attached hydrogens (tertiary/aromatic N) is 3. The van der Waals surface area contributed by atoms with E-state index in [0.717, 1.165) is 18.5 Å². The molecule has 1 aliphatic rings. The van der Waals surface area contributed by atoms with E-state index in [9.17, 15) is 9.59 Å². The van der Waals surface area contributed by atoms with Crippen LogP contribution in [0.5, 0.6) is 0 Å². The van der Waals surface area contributed by atoms with Gasteiger partial charge in [-0.15, -0.1) is 10.2 Å². The maximum Gasteiger partial charge on any atom is 0.251 e. The maximum atomic E-state index is 12.9.